The first kappa shape index (κ1) is 22.7. The lowest BCUT2D eigenvalue weighted by Gasteiger charge is -2.16. The number of benzene rings is 2. The molecule has 0 radical (unpaired) electrons. The average molecular weight is 432 g/mol. The molecule has 0 spiro atoms. The van der Waals surface area contributed by atoms with Gasteiger partial charge in [-0.25, -0.2) is 4.39 Å². The summed E-state index contributed by atoms with van der Waals surface area (Å²) in [4.78, 5) is 0. The minimum Gasteiger partial charge on any atom is -0.490 e. The number of nitrogens with one attached hydrogen (secondary N) is 1. The molecule has 28 heavy (non-hydrogen) atoms. The highest BCUT2D eigenvalue weighted by molar-refractivity contribution is 6.32. The normalized spacial score (nSPS) is 10.9. The maximum Gasteiger partial charge on any atom is 0.180 e. The van der Waals surface area contributed by atoms with Crippen LogP contribution in [0.15, 0.2) is 30.3 Å². The van der Waals surface area contributed by atoms with Gasteiger partial charge in [-0.1, -0.05) is 29.3 Å². The molecule has 0 fully saturated rings. The van der Waals surface area contributed by atoms with Crippen LogP contribution in [0, 0.1) is 5.82 Å². The van der Waals surface area contributed by atoms with Crippen molar-refractivity contribution in [3.8, 4) is 11.5 Å². The van der Waals surface area contributed by atoms with Crippen molar-refractivity contribution in [3.63, 3.8) is 0 Å². The lowest BCUT2D eigenvalue weighted by atomic mass is 10.2. The third kappa shape index (κ3) is 6.79. The molecule has 0 saturated carbocycles. The molecule has 2 aromatic rings. The fraction of sp³-hybridized carbons (Fsp3) is 0.400. The van der Waals surface area contributed by atoms with E-state index in [1.54, 1.807) is 12.1 Å². The maximum atomic E-state index is 14.0. The number of rotatable bonds is 12. The van der Waals surface area contributed by atoms with E-state index in [1.165, 1.54) is 12.1 Å². The van der Waals surface area contributed by atoms with Crippen molar-refractivity contribution in [2.24, 2.45) is 0 Å². The summed E-state index contributed by atoms with van der Waals surface area (Å²) in [5.41, 5.74) is 1.17. The number of aliphatic hydroxyl groups excluding tert-OH is 1. The molecule has 0 bridgehead atoms. The van der Waals surface area contributed by atoms with Crippen LogP contribution in [0.4, 0.5) is 4.39 Å². The molecule has 0 aliphatic heterocycles. The Morgan fingerprint density at radius 1 is 1.11 bits per heavy atom. The topological polar surface area (TPSA) is 60.0 Å². The Morgan fingerprint density at radius 3 is 2.64 bits per heavy atom. The Kier molecular flexibility index (Phi) is 9.81. The van der Waals surface area contributed by atoms with E-state index in [9.17, 15) is 4.39 Å². The molecule has 0 heterocycles. The van der Waals surface area contributed by atoms with E-state index in [1.807, 2.05) is 13.0 Å². The molecular weight excluding hydrogens is 408 g/mol. The molecule has 0 atom stereocenters. The average Bonchev–Trinajstić information content (AvgIpc) is 2.66. The predicted molar refractivity (Wildman–Crippen MR) is 108 cm³/mol. The molecule has 2 aromatic carbocycles. The first-order valence-corrected chi connectivity index (χ1v) is 9.72. The molecule has 2 rings (SSSR count). The van der Waals surface area contributed by atoms with Crippen molar-refractivity contribution in [1.29, 1.82) is 0 Å². The molecule has 0 amide bonds. The van der Waals surface area contributed by atoms with Gasteiger partial charge in [-0.2, -0.15) is 0 Å². The van der Waals surface area contributed by atoms with E-state index in [4.69, 9.17) is 42.5 Å². The molecule has 2 N–H and O–H groups in total. The smallest absolute Gasteiger partial charge is 0.180 e. The van der Waals surface area contributed by atoms with Crippen LogP contribution < -0.4 is 14.8 Å². The molecule has 0 saturated heterocycles. The van der Waals surface area contributed by atoms with E-state index < -0.39 is 5.82 Å². The minimum absolute atomic E-state index is 0.00683. The SMILES string of the molecule is CCOc1cc(CNCCOCCO)cc(Cl)c1OCc1c(F)cccc1Cl. The molecular formula is C20H24Cl2FNO4. The molecule has 8 heteroatoms. The second kappa shape index (κ2) is 12.1. The van der Waals surface area contributed by atoms with E-state index >= 15 is 0 Å². The number of aliphatic hydroxyl groups is 1. The highest BCUT2D eigenvalue weighted by atomic mass is 35.5. The van der Waals surface area contributed by atoms with Gasteiger partial charge in [0.2, 0.25) is 0 Å². The summed E-state index contributed by atoms with van der Waals surface area (Å²) in [5.74, 6) is 0.388. The second-order valence-electron chi connectivity index (χ2n) is 5.84. The maximum absolute atomic E-state index is 14.0. The zero-order valence-corrected chi connectivity index (χ0v) is 17.2. The molecule has 154 valence electrons. The summed E-state index contributed by atoms with van der Waals surface area (Å²) < 4.78 is 30.5. The Hall–Kier alpha value is -1.57. The monoisotopic (exact) mass is 431 g/mol. The van der Waals surface area contributed by atoms with Crippen molar-refractivity contribution >= 4 is 23.2 Å². The van der Waals surface area contributed by atoms with Gasteiger partial charge >= 0.3 is 0 Å². The zero-order valence-electron chi connectivity index (χ0n) is 15.6. The number of hydrogen-bond acceptors (Lipinski definition) is 5. The van der Waals surface area contributed by atoms with Gasteiger partial charge in [-0.15, -0.1) is 0 Å². The standard InChI is InChI=1S/C20H24Cl2FNO4/c1-2-27-19-11-14(12-24-6-8-26-9-7-25)10-17(22)20(19)28-13-15-16(21)4-3-5-18(15)23/h3-5,10-11,24-25H,2,6-9,12-13H2,1H3. The number of halogens is 3. The molecule has 0 aromatic heterocycles. The highest BCUT2D eigenvalue weighted by Crippen LogP contribution is 2.37. The fourth-order valence-corrected chi connectivity index (χ4v) is 2.99. The van der Waals surface area contributed by atoms with Crippen LogP contribution in [0.1, 0.15) is 18.1 Å². The van der Waals surface area contributed by atoms with Crippen molar-refractivity contribution in [1.82, 2.24) is 5.32 Å². The van der Waals surface area contributed by atoms with Gasteiger partial charge in [0.25, 0.3) is 0 Å². The summed E-state index contributed by atoms with van der Waals surface area (Å²) in [5, 5.41) is 12.5. The lowest BCUT2D eigenvalue weighted by Crippen LogP contribution is -2.20. The summed E-state index contributed by atoms with van der Waals surface area (Å²) in [6, 6.07) is 8.07. The van der Waals surface area contributed by atoms with Crippen molar-refractivity contribution in [3.05, 3.63) is 57.3 Å². The van der Waals surface area contributed by atoms with Gasteiger partial charge in [0.05, 0.1) is 36.5 Å². The van der Waals surface area contributed by atoms with Crippen LogP contribution >= 0.6 is 23.2 Å². The third-order valence-corrected chi connectivity index (χ3v) is 4.41. The van der Waals surface area contributed by atoms with Crippen LogP contribution in [-0.4, -0.2) is 38.1 Å². The first-order valence-electron chi connectivity index (χ1n) is 8.97. The van der Waals surface area contributed by atoms with Crippen molar-refractivity contribution < 1.29 is 23.7 Å². The first-order chi connectivity index (χ1) is 13.6. The summed E-state index contributed by atoms with van der Waals surface area (Å²) in [6.07, 6.45) is 0. The van der Waals surface area contributed by atoms with Crippen LogP contribution in [0.2, 0.25) is 10.0 Å². The Balaban J connectivity index is 2.05. The van der Waals surface area contributed by atoms with E-state index in [-0.39, 0.29) is 18.8 Å². The minimum atomic E-state index is -0.439. The second-order valence-corrected chi connectivity index (χ2v) is 6.65. The van der Waals surface area contributed by atoms with Gasteiger partial charge in [-0.05, 0) is 36.8 Å². The van der Waals surface area contributed by atoms with Gasteiger partial charge in [0, 0.05) is 18.7 Å². The van der Waals surface area contributed by atoms with E-state index in [0.29, 0.717) is 54.5 Å². The van der Waals surface area contributed by atoms with Crippen LogP contribution in [0.25, 0.3) is 0 Å². The van der Waals surface area contributed by atoms with Gasteiger partial charge in [0.15, 0.2) is 11.5 Å². The largest absolute Gasteiger partial charge is 0.490 e. The van der Waals surface area contributed by atoms with Crippen LogP contribution in [0.3, 0.4) is 0 Å². The van der Waals surface area contributed by atoms with E-state index in [0.717, 1.165) is 5.56 Å². The van der Waals surface area contributed by atoms with Crippen LogP contribution in [-0.2, 0) is 17.9 Å². The fourth-order valence-electron chi connectivity index (χ4n) is 2.48. The Morgan fingerprint density at radius 2 is 1.93 bits per heavy atom. The highest BCUT2D eigenvalue weighted by Gasteiger charge is 2.15. The third-order valence-electron chi connectivity index (χ3n) is 3.78. The lowest BCUT2D eigenvalue weighted by molar-refractivity contribution is 0.0938. The molecule has 0 unspecified atom stereocenters. The summed E-state index contributed by atoms with van der Waals surface area (Å²) in [6.45, 7) is 4.23. The van der Waals surface area contributed by atoms with Gasteiger partial charge in [-0.3, -0.25) is 0 Å². The number of hydrogen-bond donors (Lipinski definition) is 2. The summed E-state index contributed by atoms with van der Waals surface area (Å²) in [7, 11) is 0. The molecule has 0 aliphatic rings. The summed E-state index contributed by atoms with van der Waals surface area (Å²) >= 11 is 12.4. The van der Waals surface area contributed by atoms with Gasteiger partial charge < -0.3 is 24.6 Å². The number of ether oxygens (including phenoxy) is 3. The van der Waals surface area contributed by atoms with Crippen molar-refractivity contribution in [2.75, 3.05) is 33.0 Å². The van der Waals surface area contributed by atoms with E-state index in [2.05, 4.69) is 5.32 Å². The Labute approximate surface area is 174 Å². The van der Waals surface area contributed by atoms with Crippen LogP contribution in [0.5, 0.6) is 11.5 Å². The van der Waals surface area contributed by atoms with Gasteiger partial charge in [0.1, 0.15) is 12.4 Å². The molecule has 5 nitrogen and oxygen atoms in total. The zero-order chi connectivity index (χ0) is 20.4. The quantitative estimate of drug-likeness (QED) is 0.492. The predicted octanol–water partition coefficient (Wildman–Crippen LogP) is 4.21. The Bertz CT molecular complexity index is 741. The van der Waals surface area contributed by atoms with Crippen molar-refractivity contribution in [2.45, 2.75) is 20.1 Å². The molecule has 0 aliphatic carbocycles.